The van der Waals surface area contributed by atoms with Crippen molar-refractivity contribution in [2.45, 2.75) is 38.1 Å². The van der Waals surface area contributed by atoms with Crippen molar-refractivity contribution < 1.29 is 0 Å². The predicted molar refractivity (Wildman–Crippen MR) is 75.9 cm³/mol. The van der Waals surface area contributed by atoms with E-state index in [-0.39, 0.29) is 0 Å². The molecule has 94 valence electrons. The molecule has 2 aromatic rings. The van der Waals surface area contributed by atoms with Gasteiger partial charge in [-0.2, -0.15) is 0 Å². The van der Waals surface area contributed by atoms with Crippen LogP contribution in [0.5, 0.6) is 0 Å². The highest BCUT2D eigenvalue weighted by atomic mass is 14.9. The van der Waals surface area contributed by atoms with Crippen LogP contribution in [0, 0.1) is 6.92 Å². The van der Waals surface area contributed by atoms with Crippen LogP contribution >= 0.6 is 0 Å². The minimum Gasteiger partial charge on any atom is -0.316 e. The van der Waals surface area contributed by atoms with Crippen LogP contribution in [0.15, 0.2) is 30.3 Å². The number of nitrogens with one attached hydrogen (secondary N) is 1. The standard InChI is InChI=1S/C16H20N2/c1-11-6-7-13-10-12(8-9-15(13)18-11)14-4-3-5-16(14)17-2/h6-10,14,16-17H,3-5H2,1-2H3. The number of aromatic nitrogens is 1. The number of rotatable bonds is 2. The molecule has 1 N–H and O–H groups in total. The number of hydrogen-bond acceptors (Lipinski definition) is 2. The summed E-state index contributed by atoms with van der Waals surface area (Å²) in [5.74, 6) is 0.667. The lowest BCUT2D eigenvalue weighted by molar-refractivity contribution is 0.522. The third-order valence-corrected chi connectivity index (χ3v) is 4.17. The first-order chi connectivity index (χ1) is 8.78. The summed E-state index contributed by atoms with van der Waals surface area (Å²) >= 11 is 0. The second kappa shape index (κ2) is 4.69. The molecule has 1 aromatic heterocycles. The van der Waals surface area contributed by atoms with Crippen molar-refractivity contribution in [1.29, 1.82) is 0 Å². The van der Waals surface area contributed by atoms with Crippen LogP contribution in [-0.2, 0) is 0 Å². The minimum atomic E-state index is 0.640. The van der Waals surface area contributed by atoms with Gasteiger partial charge in [-0.15, -0.1) is 0 Å². The average molecular weight is 240 g/mol. The van der Waals surface area contributed by atoms with Crippen LogP contribution in [0.25, 0.3) is 10.9 Å². The maximum absolute atomic E-state index is 4.57. The van der Waals surface area contributed by atoms with E-state index in [1.54, 1.807) is 0 Å². The molecule has 0 saturated heterocycles. The van der Waals surface area contributed by atoms with Gasteiger partial charge in [-0.25, -0.2) is 0 Å². The Hall–Kier alpha value is -1.41. The molecule has 0 bridgehead atoms. The first-order valence-electron chi connectivity index (χ1n) is 6.82. The zero-order valence-corrected chi connectivity index (χ0v) is 11.1. The molecule has 2 nitrogen and oxygen atoms in total. The summed E-state index contributed by atoms with van der Waals surface area (Å²) < 4.78 is 0. The van der Waals surface area contributed by atoms with Crippen molar-refractivity contribution >= 4 is 10.9 Å². The van der Waals surface area contributed by atoms with E-state index in [2.05, 4.69) is 47.7 Å². The zero-order valence-electron chi connectivity index (χ0n) is 11.1. The van der Waals surface area contributed by atoms with E-state index >= 15 is 0 Å². The summed E-state index contributed by atoms with van der Waals surface area (Å²) in [5, 5.41) is 4.72. The Bertz CT molecular complexity index is 562. The Morgan fingerprint density at radius 3 is 2.89 bits per heavy atom. The maximum Gasteiger partial charge on any atom is 0.0705 e. The van der Waals surface area contributed by atoms with Gasteiger partial charge in [-0.1, -0.05) is 18.6 Å². The van der Waals surface area contributed by atoms with Gasteiger partial charge < -0.3 is 5.32 Å². The summed E-state index contributed by atoms with van der Waals surface area (Å²) in [4.78, 5) is 4.57. The molecular weight excluding hydrogens is 220 g/mol. The molecule has 1 aromatic carbocycles. The fourth-order valence-corrected chi connectivity index (χ4v) is 3.18. The summed E-state index contributed by atoms with van der Waals surface area (Å²) in [6, 6.07) is 11.7. The van der Waals surface area contributed by atoms with Crippen molar-refractivity contribution in [3.8, 4) is 0 Å². The third-order valence-electron chi connectivity index (χ3n) is 4.17. The van der Waals surface area contributed by atoms with Gasteiger partial charge in [0, 0.05) is 17.1 Å². The fraction of sp³-hybridized carbons (Fsp3) is 0.438. The molecule has 2 heteroatoms. The normalized spacial score (nSPS) is 23.7. The summed E-state index contributed by atoms with van der Waals surface area (Å²) in [6.07, 6.45) is 3.93. The van der Waals surface area contributed by atoms with Crippen molar-refractivity contribution in [3.05, 3.63) is 41.6 Å². The summed E-state index contributed by atoms with van der Waals surface area (Å²) in [5.41, 5.74) is 3.66. The molecule has 1 aliphatic carbocycles. The predicted octanol–water partition coefficient (Wildman–Crippen LogP) is 3.40. The third kappa shape index (κ3) is 2.01. The van der Waals surface area contributed by atoms with Gasteiger partial charge in [-0.05, 0) is 56.5 Å². The van der Waals surface area contributed by atoms with Crippen molar-refractivity contribution in [3.63, 3.8) is 0 Å². The number of aryl methyl sites for hydroxylation is 1. The first kappa shape index (κ1) is 11.7. The number of fused-ring (bicyclic) bond motifs is 1. The van der Waals surface area contributed by atoms with Crippen molar-refractivity contribution in [2.24, 2.45) is 0 Å². The van der Waals surface area contributed by atoms with Crippen LogP contribution < -0.4 is 5.32 Å². The molecule has 18 heavy (non-hydrogen) atoms. The largest absolute Gasteiger partial charge is 0.316 e. The Morgan fingerprint density at radius 1 is 1.17 bits per heavy atom. The van der Waals surface area contributed by atoms with Crippen LogP contribution in [0.4, 0.5) is 0 Å². The van der Waals surface area contributed by atoms with Gasteiger partial charge >= 0.3 is 0 Å². The number of likely N-dealkylation sites (N-methyl/N-ethyl adjacent to an activating group) is 1. The topological polar surface area (TPSA) is 24.9 Å². The monoisotopic (exact) mass is 240 g/mol. The summed E-state index contributed by atoms with van der Waals surface area (Å²) in [6.45, 7) is 2.04. The van der Waals surface area contributed by atoms with Crippen LogP contribution in [0.2, 0.25) is 0 Å². The molecule has 1 saturated carbocycles. The average Bonchev–Trinajstić information content (AvgIpc) is 2.86. The molecule has 0 aliphatic heterocycles. The molecular formula is C16H20N2. The second-order valence-electron chi connectivity index (χ2n) is 5.34. The Kier molecular flexibility index (Phi) is 3.04. The van der Waals surface area contributed by atoms with E-state index in [1.807, 2.05) is 6.92 Å². The molecule has 0 spiro atoms. The smallest absolute Gasteiger partial charge is 0.0705 e. The number of benzene rings is 1. The van der Waals surface area contributed by atoms with E-state index in [1.165, 1.54) is 30.2 Å². The van der Waals surface area contributed by atoms with Crippen molar-refractivity contribution in [2.75, 3.05) is 7.05 Å². The van der Waals surface area contributed by atoms with Gasteiger partial charge in [0.1, 0.15) is 0 Å². The van der Waals surface area contributed by atoms with Crippen LogP contribution in [0.1, 0.15) is 36.4 Å². The molecule has 1 heterocycles. The highest BCUT2D eigenvalue weighted by Gasteiger charge is 2.27. The second-order valence-corrected chi connectivity index (χ2v) is 5.34. The van der Waals surface area contributed by atoms with Gasteiger partial charge in [0.25, 0.3) is 0 Å². The Morgan fingerprint density at radius 2 is 2.06 bits per heavy atom. The van der Waals surface area contributed by atoms with Crippen LogP contribution in [-0.4, -0.2) is 18.1 Å². The molecule has 0 amide bonds. The van der Waals surface area contributed by atoms with Crippen molar-refractivity contribution in [1.82, 2.24) is 10.3 Å². The van der Waals surface area contributed by atoms with E-state index in [0.717, 1.165) is 11.2 Å². The Labute approximate surface area is 108 Å². The van der Waals surface area contributed by atoms with Gasteiger partial charge in [0.15, 0.2) is 0 Å². The van der Waals surface area contributed by atoms with Crippen LogP contribution in [0.3, 0.4) is 0 Å². The minimum absolute atomic E-state index is 0.640. The number of nitrogens with zero attached hydrogens (tertiary/aromatic N) is 1. The molecule has 2 unspecified atom stereocenters. The first-order valence-corrected chi connectivity index (χ1v) is 6.82. The number of hydrogen-bond donors (Lipinski definition) is 1. The zero-order chi connectivity index (χ0) is 12.5. The SMILES string of the molecule is CNC1CCCC1c1ccc2nc(C)ccc2c1. The van der Waals surface area contributed by atoms with E-state index < -0.39 is 0 Å². The lowest BCUT2D eigenvalue weighted by atomic mass is 9.93. The molecule has 2 atom stereocenters. The molecule has 3 rings (SSSR count). The highest BCUT2D eigenvalue weighted by Crippen LogP contribution is 2.35. The quantitative estimate of drug-likeness (QED) is 0.870. The number of pyridine rings is 1. The maximum atomic E-state index is 4.57. The van der Waals surface area contributed by atoms with E-state index in [4.69, 9.17) is 0 Å². The fourth-order valence-electron chi connectivity index (χ4n) is 3.18. The van der Waals surface area contributed by atoms with Gasteiger partial charge in [0.2, 0.25) is 0 Å². The lowest BCUT2D eigenvalue weighted by Gasteiger charge is -2.19. The molecule has 0 radical (unpaired) electrons. The van der Waals surface area contributed by atoms with Gasteiger partial charge in [-0.3, -0.25) is 4.98 Å². The highest BCUT2D eigenvalue weighted by molar-refractivity contribution is 5.79. The molecule has 1 fully saturated rings. The molecule has 1 aliphatic rings. The van der Waals surface area contributed by atoms with E-state index in [0.29, 0.717) is 12.0 Å². The van der Waals surface area contributed by atoms with E-state index in [9.17, 15) is 0 Å². The summed E-state index contributed by atoms with van der Waals surface area (Å²) in [7, 11) is 2.08. The lowest BCUT2D eigenvalue weighted by Crippen LogP contribution is -2.27. The van der Waals surface area contributed by atoms with Gasteiger partial charge in [0.05, 0.1) is 5.52 Å². The Balaban J connectivity index is 2.00.